The highest BCUT2D eigenvalue weighted by molar-refractivity contribution is 9.15. The summed E-state index contributed by atoms with van der Waals surface area (Å²) in [5.74, 6) is -2.80. The molecule has 3 N–H and O–H groups in total. The van der Waals surface area contributed by atoms with Gasteiger partial charge < -0.3 is 15.3 Å². The van der Waals surface area contributed by atoms with Crippen molar-refractivity contribution in [1.29, 1.82) is 0 Å². The maximum absolute atomic E-state index is 11.2. The van der Waals surface area contributed by atoms with Gasteiger partial charge in [0, 0.05) is 44.1 Å². The zero-order chi connectivity index (χ0) is 89.1. The molecule has 0 saturated carbocycles. The molecule has 630 valence electrons. The van der Waals surface area contributed by atoms with Crippen molar-refractivity contribution in [3.8, 4) is 0 Å². The summed E-state index contributed by atoms with van der Waals surface area (Å²) in [6, 6.07) is 91.9. The van der Waals surface area contributed by atoms with Crippen LogP contribution in [0.15, 0.2) is 319 Å². The molecule has 12 heteroatoms. The van der Waals surface area contributed by atoms with Gasteiger partial charge in [0.25, 0.3) is 0 Å². The van der Waals surface area contributed by atoms with Crippen LogP contribution in [0, 0.1) is 20.8 Å². The van der Waals surface area contributed by atoms with E-state index in [2.05, 4.69) is 262 Å². The molecule has 7 nitrogen and oxygen atoms in total. The largest absolute Gasteiger partial charge is 0.478 e. The number of carboxylic acids is 3. The third-order valence-corrected chi connectivity index (χ3v) is 25.8. The van der Waals surface area contributed by atoms with Gasteiger partial charge in [-0.05, 0) is 326 Å². The number of carbonyl (C=O) groups excluding carboxylic acids is 1. The highest BCUT2D eigenvalue weighted by Crippen LogP contribution is 2.50. The molecule has 11 aromatic carbocycles. The molecule has 0 fully saturated rings. The smallest absolute Gasteiger partial charge is 0.328 e. The van der Waals surface area contributed by atoms with Crippen molar-refractivity contribution in [3.63, 3.8) is 0 Å². The third kappa shape index (κ3) is 22.2. The maximum Gasteiger partial charge on any atom is 0.328 e. The number of allylic oxidation sites excluding steroid dienone is 13. The third-order valence-electron chi connectivity index (χ3n) is 22.9. The average Bonchev–Trinajstić information content (AvgIpc) is 1.61. The number of carbonyl (C=O) groups is 4. The Morgan fingerprint density at radius 3 is 1.13 bits per heavy atom. The Kier molecular flexibility index (Phi) is 31.0. The van der Waals surface area contributed by atoms with E-state index < -0.39 is 17.9 Å². The Morgan fingerprint density at radius 1 is 0.373 bits per heavy atom. The monoisotopic (exact) mass is 1790 g/mol. The predicted octanol–water partition coefficient (Wildman–Crippen LogP) is 31.1. The minimum absolute atomic E-state index is 0.0644. The second-order valence-electron chi connectivity index (χ2n) is 31.4. The molecule has 0 unspecified atom stereocenters. The summed E-state index contributed by atoms with van der Waals surface area (Å²) in [5, 5.41) is 31.1. The van der Waals surface area contributed by atoms with Crippen molar-refractivity contribution < 1.29 is 34.5 Å². The number of ketones is 1. The van der Waals surface area contributed by atoms with Crippen molar-refractivity contribution >= 4 is 176 Å². The van der Waals surface area contributed by atoms with Crippen molar-refractivity contribution in [2.75, 3.05) is 0 Å². The maximum atomic E-state index is 11.2. The molecule has 1 aromatic heterocycles. The zero-order valence-corrected chi connectivity index (χ0v) is 76.5. The summed E-state index contributed by atoms with van der Waals surface area (Å²) in [6.07, 6.45) is 23.4. The lowest BCUT2D eigenvalue weighted by Gasteiger charge is -2.19. The highest BCUT2D eigenvalue weighted by Gasteiger charge is 2.30. The number of halogens is 4. The molecule has 4 aliphatic rings. The van der Waals surface area contributed by atoms with Crippen molar-refractivity contribution in [3.05, 3.63) is 456 Å². The van der Waals surface area contributed by atoms with E-state index in [0.29, 0.717) is 0 Å². The van der Waals surface area contributed by atoms with E-state index >= 15 is 0 Å². The number of rotatable bonds is 24. The second kappa shape index (κ2) is 42.9. The van der Waals surface area contributed by atoms with Crippen LogP contribution in [0.25, 0.3) is 90.6 Å². The molecule has 0 aliphatic heterocycles. The first-order chi connectivity index (χ1) is 61.0. The number of hydrogen-bond donors (Lipinski definition) is 3. The van der Waals surface area contributed by atoms with Crippen molar-refractivity contribution in [2.24, 2.45) is 0 Å². The normalized spacial score (nSPS) is 13.9. The fourth-order valence-electron chi connectivity index (χ4n) is 16.9. The van der Waals surface area contributed by atoms with Crippen LogP contribution in [-0.2, 0) is 44.9 Å². The molecule has 0 amide bonds. The molecule has 0 saturated heterocycles. The molecule has 0 atom stereocenters. The summed E-state index contributed by atoms with van der Waals surface area (Å²) in [7, 11) is 0. The number of benzene rings is 11. The number of hydrogen-bond acceptors (Lipinski definition) is 5. The lowest BCUT2D eigenvalue weighted by molar-refractivity contribution is -0.132. The molecule has 0 bridgehead atoms. The Morgan fingerprint density at radius 2 is 0.738 bits per heavy atom. The Hall–Kier alpha value is -12.6. The molecule has 126 heavy (non-hydrogen) atoms. The minimum atomic E-state index is -0.970. The minimum Gasteiger partial charge on any atom is -0.478 e. The molecule has 4 aliphatic carbocycles. The van der Waals surface area contributed by atoms with Crippen LogP contribution in [0.3, 0.4) is 0 Å². The summed E-state index contributed by atoms with van der Waals surface area (Å²) in [4.78, 5) is 45.2. The summed E-state index contributed by atoms with van der Waals surface area (Å²) >= 11 is 26.1. The van der Waals surface area contributed by atoms with Gasteiger partial charge in [0.1, 0.15) is 0 Å². The fourth-order valence-corrected chi connectivity index (χ4v) is 19.5. The van der Waals surface area contributed by atoms with Crippen LogP contribution in [0.2, 0.25) is 10.0 Å². The summed E-state index contributed by atoms with van der Waals surface area (Å²) in [6.45, 7) is 16.6. The number of thiophene rings is 1. The molecular formula is C114H98BrCl3O7S. The Bertz CT molecular complexity index is 6320. The van der Waals surface area contributed by atoms with Gasteiger partial charge in [-0.1, -0.05) is 329 Å². The van der Waals surface area contributed by atoms with Gasteiger partial charge >= 0.3 is 17.9 Å². The van der Waals surface area contributed by atoms with Gasteiger partial charge in [-0.3, -0.25) is 4.79 Å². The van der Waals surface area contributed by atoms with Gasteiger partial charge in [-0.25, -0.2) is 14.4 Å². The Labute approximate surface area is 767 Å². The number of carboxylic acid groups (broad SMARTS) is 3. The lowest BCUT2D eigenvalue weighted by atomic mass is 9.85. The van der Waals surface area contributed by atoms with Gasteiger partial charge in [-0.15, -0.1) is 11.3 Å². The molecule has 0 spiro atoms. The van der Waals surface area contributed by atoms with Crippen LogP contribution in [0.1, 0.15) is 188 Å². The first-order valence-corrected chi connectivity index (χ1v) is 45.2. The van der Waals surface area contributed by atoms with E-state index in [9.17, 15) is 19.2 Å². The zero-order valence-electron chi connectivity index (χ0n) is 71.8. The SMILES string of the molecule is CC/C(=C(\C1=C(Br)c2ccccc2C1)c1ccc(/C=C/C(=O)O)cc1)c1ccc(C)cc1Cl.CC/C(=C(\C1=C(Cl)c2ccccc2C1)c1ccc(/C=C/C(=O)O)cc1)c1ccc(C)cc1Cl.CC/C(=C(\C1=Cc2ccccc2C1)c1ccc(/C=C/C(=O)O)cc1)c1ccccc1C.CC/C(=C(\C1=Cc2ccccc2C1)c1ccc(/C=C/C(C)=O)cc1)c1cccs1. The molecule has 12 aromatic rings. The van der Waals surface area contributed by atoms with Crippen molar-refractivity contribution in [1.82, 2.24) is 0 Å². The van der Waals surface area contributed by atoms with Gasteiger partial charge in [0.15, 0.2) is 5.78 Å². The summed E-state index contributed by atoms with van der Waals surface area (Å²) < 4.78 is 1.11. The predicted molar refractivity (Wildman–Crippen MR) is 537 cm³/mol. The first-order valence-electron chi connectivity index (χ1n) is 42.4. The van der Waals surface area contributed by atoms with E-state index in [-0.39, 0.29) is 5.78 Å². The van der Waals surface area contributed by atoms with Crippen LogP contribution < -0.4 is 0 Å². The highest BCUT2D eigenvalue weighted by atomic mass is 79.9. The van der Waals surface area contributed by atoms with E-state index in [1.807, 2.05) is 92.7 Å². The second-order valence-corrected chi connectivity index (χ2v) is 34.3. The van der Waals surface area contributed by atoms with E-state index in [4.69, 9.17) is 50.1 Å². The average molecular weight is 1800 g/mol. The number of aryl methyl sites for hydroxylation is 3. The summed E-state index contributed by atoms with van der Waals surface area (Å²) in [5.41, 5.74) is 40.0. The Balaban J connectivity index is 0.000000144. The standard InChI is InChI=1S/C29H24BrClO2.C29H24Cl2O2.C29H26O2.C27H24OS/c1-3-22(24-14-8-18(2)16-26(24)31)28(20-12-9-19(10-13-20)11-15-27(32)33)25-17-21-6-4-5-7-23(21)29(25)30;1-3-22(24-14-8-18(2)16-26(24)30)28(20-12-9-19(10-13-20)11-15-27(32)33)25-17-21-6-4-5-7-23(21)29(25)31;1-3-26(27-11-7-4-8-20(27)2)29(25-18-23-9-5-6-10-24(23)19-25)22-15-12-21(13-16-22)14-17-28(30)31;1-3-25(26-9-6-16-29-26)27(24-17-22-7-4-5-8-23(22)18-24)21-14-12-20(13-15-21)11-10-19(2)28/h2*4-16H,3,17H2,1-2H3,(H,32,33);4-18H,3,19H2,1-2H3,(H,30,31);4-17H,3,18H2,1-2H3/b2*15-11+,28-22+;17-14+,29-26+;11-10+,27-25+. The van der Waals surface area contributed by atoms with E-state index in [0.717, 1.165) is 167 Å². The number of fused-ring (bicyclic) bond motifs is 4. The van der Waals surface area contributed by atoms with Gasteiger partial charge in [-0.2, -0.15) is 0 Å². The van der Waals surface area contributed by atoms with Gasteiger partial charge in [0.05, 0.1) is 5.03 Å². The molecular weight excluding hydrogens is 1700 g/mol. The van der Waals surface area contributed by atoms with Crippen LogP contribution in [0.5, 0.6) is 0 Å². The number of aliphatic carboxylic acids is 3. The van der Waals surface area contributed by atoms with E-state index in [1.54, 1.807) is 42.6 Å². The van der Waals surface area contributed by atoms with Crippen LogP contribution in [-0.4, -0.2) is 39.0 Å². The quantitative estimate of drug-likeness (QED) is 0.0406. The molecule has 1 heterocycles. The molecule has 16 rings (SSSR count). The van der Waals surface area contributed by atoms with Crippen LogP contribution >= 0.6 is 62.1 Å². The van der Waals surface area contributed by atoms with Crippen molar-refractivity contribution in [2.45, 2.75) is 107 Å². The first kappa shape index (κ1) is 91.1. The van der Waals surface area contributed by atoms with E-state index in [1.165, 1.54) is 117 Å². The van der Waals surface area contributed by atoms with Gasteiger partial charge in [0.2, 0.25) is 0 Å². The topological polar surface area (TPSA) is 129 Å². The molecule has 0 radical (unpaired) electrons. The fraction of sp³-hybridized carbons (Fsp3) is 0.140. The van der Waals surface area contributed by atoms with Crippen LogP contribution in [0.4, 0.5) is 0 Å². The lowest BCUT2D eigenvalue weighted by Crippen LogP contribution is -1.98.